The van der Waals surface area contributed by atoms with E-state index in [1.807, 2.05) is 25.1 Å². The minimum Gasteiger partial charge on any atom is -0.385 e. The third-order valence-electron chi connectivity index (χ3n) is 4.23. The maximum Gasteiger partial charge on any atom is 0.269 e. The Labute approximate surface area is 160 Å². The van der Waals surface area contributed by atoms with Crippen LogP contribution in [0.1, 0.15) is 58.2 Å². The van der Waals surface area contributed by atoms with E-state index in [0.717, 1.165) is 16.8 Å². The summed E-state index contributed by atoms with van der Waals surface area (Å²) < 4.78 is 4.95. The predicted octanol–water partition coefficient (Wildman–Crippen LogP) is 3.53. The van der Waals surface area contributed by atoms with Crippen molar-refractivity contribution in [2.75, 3.05) is 25.6 Å². The van der Waals surface area contributed by atoms with E-state index in [4.69, 9.17) is 4.74 Å². The molecule has 2 aromatic rings. The summed E-state index contributed by atoms with van der Waals surface area (Å²) in [5.41, 5.74) is 3.51. The molecule has 0 atom stereocenters. The Bertz CT molecular complexity index is 803. The molecule has 0 saturated heterocycles. The second kappa shape index (κ2) is 9.83. The standard InChI is InChI=1S/C21H27N3O3/c1-14(2)17-8-5-7-15(3)19(17)24-20(25)16-9-11-22-18(13-16)21(26)23-10-6-12-27-4/h5,7-9,11,13-14H,6,10,12H2,1-4H3,(H,23,26)(H,24,25). The maximum absolute atomic E-state index is 12.7. The molecule has 144 valence electrons. The molecule has 2 rings (SSSR count). The van der Waals surface area contributed by atoms with Gasteiger partial charge in [-0.1, -0.05) is 32.0 Å². The van der Waals surface area contributed by atoms with Crippen LogP contribution in [0.4, 0.5) is 5.69 Å². The van der Waals surface area contributed by atoms with Gasteiger partial charge in [-0.2, -0.15) is 0 Å². The Morgan fingerprint density at radius 2 is 1.96 bits per heavy atom. The SMILES string of the molecule is COCCCNC(=O)c1cc(C(=O)Nc2c(C)cccc2C(C)C)ccn1. The Hall–Kier alpha value is -2.73. The quantitative estimate of drug-likeness (QED) is 0.698. The number of hydrogen-bond donors (Lipinski definition) is 2. The van der Waals surface area contributed by atoms with Crippen LogP contribution in [0.15, 0.2) is 36.5 Å². The van der Waals surface area contributed by atoms with Gasteiger partial charge in [0.2, 0.25) is 0 Å². The highest BCUT2D eigenvalue weighted by Crippen LogP contribution is 2.27. The van der Waals surface area contributed by atoms with E-state index in [1.165, 1.54) is 12.3 Å². The lowest BCUT2D eigenvalue weighted by Gasteiger charge is -2.16. The summed E-state index contributed by atoms with van der Waals surface area (Å²) in [6.07, 6.45) is 2.19. The molecule has 0 saturated carbocycles. The first-order valence-corrected chi connectivity index (χ1v) is 9.08. The molecule has 0 fully saturated rings. The van der Waals surface area contributed by atoms with Crippen LogP contribution in [0.3, 0.4) is 0 Å². The van der Waals surface area contributed by atoms with Crippen molar-refractivity contribution in [1.82, 2.24) is 10.3 Å². The maximum atomic E-state index is 12.7. The molecule has 2 amide bonds. The van der Waals surface area contributed by atoms with Crippen molar-refractivity contribution in [3.8, 4) is 0 Å². The zero-order valence-electron chi connectivity index (χ0n) is 16.3. The Kier molecular flexibility index (Phi) is 7.49. The summed E-state index contributed by atoms with van der Waals surface area (Å²) in [5, 5.41) is 5.76. The van der Waals surface area contributed by atoms with E-state index >= 15 is 0 Å². The van der Waals surface area contributed by atoms with Crippen LogP contribution in [-0.4, -0.2) is 37.1 Å². The minimum absolute atomic E-state index is 0.217. The van der Waals surface area contributed by atoms with Gasteiger partial charge in [0.1, 0.15) is 5.69 Å². The van der Waals surface area contributed by atoms with Crippen LogP contribution < -0.4 is 10.6 Å². The van der Waals surface area contributed by atoms with Gasteiger partial charge in [-0.15, -0.1) is 0 Å². The summed E-state index contributed by atoms with van der Waals surface area (Å²) in [5.74, 6) is -0.285. The van der Waals surface area contributed by atoms with Crippen LogP contribution in [-0.2, 0) is 4.74 Å². The molecule has 0 spiro atoms. The predicted molar refractivity (Wildman–Crippen MR) is 106 cm³/mol. The molecule has 6 nitrogen and oxygen atoms in total. The number of benzene rings is 1. The van der Waals surface area contributed by atoms with E-state index in [1.54, 1.807) is 13.2 Å². The first-order valence-electron chi connectivity index (χ1n) is 9.08. The molecule has 0 aliphatic heterocycles. The van der Waals surface area contributed by atoms with Gasteiger partial charge in [0.25, 0.3) is 11.8 Å². The number of amides is 2. The van der Waals surface area contributed by atoms with Gasteiger partial charge in [-0.05, 0) is 42.5 Å². The third kappa shape index (κ3) is 5.62. The van der Waals surface area contributed by atoms with Crippen molar-refractivity contribution in [3.05, 3.63) is 58.9 Å². The van der Waals surface area contributed by atoms with Crippen molar-refractivity contribution < 1.29 is 14.3 Å². The topological polar surface area (TPSA) is 80.3 Å². The number of ether oxygens (including phenoxy) is 1. The summed E-state index contributed by atoms with van der Waals surface area (Å²) in [4.78, 5) is 29.0. The molecule has 6 heteroatoms. The van der Waals surface area contributed by atoms with Crippen molar-refractivity contribution in [2.45, 2.75) is 33.1 Å². The number of rotatable bonds is 8. The van der Waals surface area contributed by atoms with Gasteiger partial charge in [0.15, 0.2) is 0 Å². The number of aryl methyl sites for hydroxylation is 1. The second-order valence-corrected chi connectivity index (χ2v) is 6.68. The highest BCUT2D eigenvalue weighted by atomic mass is 16.5. The number of hydrogen-bond acceptors (Lipinski definition) is 4. The fourth-order valence-electron chi connectivity index (χ4n) is 2.73. The van der Waals surface area contributed by atoms with Crippen LogP contribution in [0.5, 0.6) is 0 Å². The lowest BCUT2D eigenvalue weighted by atomic mass is 9.98. The molecule has 1 aromatic carbocycles. The summed E-state index contributed by atoms with van der Waals surface area (Å²) in [7, 11) is 1.62. The monoisotopic (exact) mass is 369 g/mol. The van der Waals surface area contributed by atoms with Gasteiger partial charge in [-0.25, -0.2) is 0 Å². The molecule has 1 heterocycles. The van der Waals surface area contributed by atoms with Crippen molar-refractivity contribution in [2.24, 2.45) is 0 Å². The van der Waals surface area contributed by atoms with E-state index in [2.05, 4.69) is 29.5 Å². The molecule has 0 unspecified atom stereocenters. The van der Waals surface area contributed by atoms with Crippen LogP contribution in [0, 0.1) is 6.92 Å². The van der Waals surface area contributed by atoms with Crippen LogP contribution in [0.2, 0.25) is 0 Å². The summed E-state index contributed by atoms with van der Waals surface area (Å²) in [6.45, 7) is 7.20. The number of pyridine rings is 1. The van der Waals surface area contributed by atoms with Gasteiger partial charge < -0.3 is 15.4 Å². The average Bonchev–Trinajstić information content (AvgIpc) is 2.66. The van der Waals surface area contributed by atoms with Gasteiger partial charge >= 0.3 is 0 Å². The van der Waals surface area contributed by atoms with E-state index in [9.17, 15) is 9.59 Å². The molecule has 0 aliphatic carbocycles. The number of nitrogens with one attached hydrogen (secondary N) is 2. The highest BCUT2D eigenvalue weighted by Gasteiger charge is 2.15. The fourth-order valence-corrected chi connectivity index (χ4v) is 2.73. The number of para-hydroxylation sites is 1. The highest BCUT2D eigenvalue weighted by molar-refractivity contribution is 6.06. The zero-order valence-corrected chi connectivity index (χ0v) is 16.3. The number of anilines is 1. The third-order valence-corrected chi connectivity index (χ3v) is 4.23. The summed E-state index contributed by atoms with van der Waals surface area (Å²) in [6, 6.07) is 9.07. The number of carbonyl (C=O) groups excluding carboxylic acids is 2. The molecule has 0 bridgehead atoms. The fraction of sp³-hybridized carbons (Fsp3) is 0.381. The van der Waals surface area contributed by atoms with Crippen LogP contribution >= 0.6 is 0 Å². The lowest BCUT2D eigenvalue weighted by Crippen LogP contribution is -2.26. The molecule has 2 N–H and O–H groups in total. The smallest absolute Gasteiger partial charge is 0.269 e. The largest absolute Gasteiger partial charge is 0.385 e. The molecular weight excluding hydrogens is 342 g/mol. The molecular formula is C21H27N3O3. The number of nitrogens with zero attached hydrogens (tertiary/aromatic N) is 1. The Morgan fingerprint density at radius 3 is 2.67 bits per heavy atom. The minimum atomic E-state index is -0.306. The van der Waals surface area contributed by atoms with Crippen molar-refractivity contribution in [3.63, 3.8) is 0 Å². The van der Waals surface area contributed by atoms with Crippen LogP contribution in [0.25, 0.3) is 0 Å². The van der Waals surface area contributed by atoms with E-state index in [0.29, 0.717) is 25.1 Å². The lowest BCUT2D eigenvalue weighted by molar-refractivity contribution is 0.0943. The van der Waals surface area contributed by atoms with Gasteiger partial charge in [0, 0.05) is 37.7 Å². The van der Waals surface area contributed by atoms with Crippen molar-refractivity contribution >= 4 is 17.5 Å². The van der Waals surface area contributed by atoms with E-state index in [-0.39, 0.29) is 23.4 Å². The van der Waals surface area contributed by atoms with E-state index < -0.39 is 0 Å². The molecule has 0 aliphatic rings. The normalized spacial score (nSPS) is 10.7. The molecule has 0 radical (unpaired) electrons. The molecule has 27 heavy (non-hydrogen) atoms. The number of aromatic nitrogens is 1. The van der Waals surface area contributed by atoms with Gasteiger partial charge in [-0.3, -0.25) is 14.6 Å². The second-order valence-electron chi connectivity index (χ2n) is 6.68. The Morgan fingerprint density at radius 1 is 1.19 bits per heavy atom. The molecule has 1 aromatic heterocycles. The summed E-state index contributed by atoms with van der Waals surface area (Å²) >= 11 is 0. The average molecular weight is 369 g/mol. The number of carbonyl (C=O) groups is 2. The number of methoxy groups -OCH3 is 1. The first-order chi connectivity index (χ1) is 12.9. The van der Waals surface area contributed by atoms with Crippen molar-refractivity contribution in [1.29, 1.82) is 0 Å². The Balaban J connectivity index is 2.13. The van der Waals surface area contributed by atoms with Gasteiger partial charge in [0.05, 0.1) is 0 Å². The first kappa shape index (κ1) is 20.6. The zero-order chi connectivity index (χ0) is 19.8.